The molecule has 0 fully saturated rings. The highest BCUT2D eigenvalue weighted by Crippen LogP contribution is 2.46. The molecule has 0 unspecified atom stereocenters. The van der Waals surface area contributed by atoms with Crippen molar-refractivity contribution in [2.24, 2.45) is 0 Å². The van der Waals surface area contributed by atoms with Crippen LogP contribution in [0.15, 0.2) is 24.4 Å². The molecule has 1 amide bonds. The van der Waals surface area contributed by atoms with Crippen LogP contribution in [0.4, 0.5) is 24.0 Å². The predicted octanol–water partition coefficient (Wildman–Crippen LogP) is 5.62. The first-order chi connectivity index (χ1) is 17.7. The summed E-state index contributed by atoms with van der Waals surface area (Å²) in [7, 11) is 2.92. The van der Waals surface area contributed by atoms with Gasteiger partial charge < -0.3 is 20.1 Å². The molecule has 5 rings (SSSR count). The van der Waals surface area contributed by atoms with Gasteiger partial charge in [0.05, 0.1) is 32.0 Å². The van der Waals surface area contributed by atoms with E-state index in [0.29, 0.717) is 27.6 Å². The van der Waals surface area contributed by atoms with Crippen molar-refractivity contribution in [3.8, 4) is 17.6 Å². The number of ether oxygens (including phenoxy) is 2. The fourth-order valence-corrected chi connectivity index (χ4v) is 6.19. The SMILES string of the molecule is COc1ccc([C@H]2C[C@H](C(F)(F)F)n3ncc(C(=O)Nc4sc5c(c4C#N)CCCC5)c3N2)cc1OC. The van der Waals surface area contributed by atoms with Crippen molar-refractivity contribution in [1.29, 1.82) is 5.26 Å². The van der Waals surface area contributed by atoms with Gasteiger partial charge in [-0.1, -0.05) is 6.07 Å². The van der Waals surface area contributed by atoms with Crippen LogP contribution in [0.5, 0.6) is 11.5 Å². The standard InChI is InChI=1S/C25H24F3N5O3S/c1-35-18-8-7-13(9-19(18)36-2)17-10-21(25(26,27)28)33-22(31-17)16(12-30-33)23(34)32-24-15(11-29)14-5-3-4-6-20(14)37-24/h7-9,12,17,21,31H,3-6,10H2,1-2H3,(H,32,34)/t17-,21-/m1/s1. The summed E-state index contributed by atoms with van der Waals surface area (Å²) in [5.41, 5.74) is 1.89. The molecule has 1 aliphatic carbocycles. The summed E-state index contributed by atoms with van der Waals surface area (Å²) in [6.45, 7) is 0. The topological polar surface area (TPSA) is 101 Å². The molecule has 0 bridgehead atoms. The molecule has 2 aliphatic rings. The number of nitrogens with one attached hydrogen (secondary N) is 2. The monoisotopic (exact) mass is 531 g/mol. The number of benzene rings is 1. The summed E-state index contributed by atoms with van der Waals surface area (Å²) in [6, 6.07) is 4.37. The molecule has 3 heterocycles. The van der Waals surface area contributed by atoms with E-state index < -0.39 is 24.2 Å². The van der Waals surface area contributed by atoms with Gasteiger partial charge in [-0.3, -0.25) is 4.79 Å². The Morgan fingerprint density at radius 1 is 1.24 bits per heavy atom. The number of carbonyl (C=O) groups is 1. The molecule has 194 valence electrons. The summed E-state index contributed by atoms with van der Waals surface area (Å²) in [4.78, 5) is 14.4. The Kier molecular flexibility index (Phi) is 6.49. The van der Waals surface area contributed by atoms with Crippen LogP contribution in [0, 0.1) is 11.3 Å². The summed E-state index contributed by atoms with van der Waals surface area (Å²) in [5.74, 6) is 0.169. The van der Waals surface area contributed by atoms with E-state index in [1.807, 2.05) is 0 Å². The van der Waals surface area contributed by atoms with Gasteiger partial charge in [-0.25, -0.2) is 4.68 Å². The first-order valence-electron chi connectivity index (χ1n) is 11.7. The van der Waals surface area contributed by atoms with Crippen molar-refractivity contribution in [2.75, 3.05) is 24.9 Å². The molecular weight excluding hydrogens is 507 g/mol. The lowest BCUT2D eigenvalue weighted by atomic mass is 9.96. The molecule has 3 aromatic rings. The lowest BCUT2D eigenvalue weighted by Gasteiger charge is -2.34. The number of alkyl halides is 3. The molecule has 0 radical (unpaired) electrons. The highest BCUT2D eigenvalue weighted by atomic mass is 32.1. The Morgan fingerprint density at radius 3 is 2.70 bits per heavy atom. The van der Waals surface area contributed by atoms with Crippen LogP contribution in [-0.2, 0) is 12.8 Å². The number of aryl methyl sites for hydroxylation is 1. The van der Waals surface area contributed by atoms with E-state index in [1.54, 1.807) is 18.2 Å². The average Bonchev–Trinajstić information content (AvgIpc) is 3.47. The second kappa shape index (κ2) is 9.63. The van der Waals surface area contributed by atoms with E-state index in [-0.39, 0.29) is 17.8 Å². The molecular formula is C25H24F3N5O3S. The maximum Gasteiger partial charge on any atom is 0.410 e. The minimum atomic E-state index is -4.59. The molecule has 2 N–H and O–H groups in total. The number of aromatic nitrogens is 2. The van der Waals surface area contributed by atoms with Gasteiger partial charge in [-0.15, -0.1) is 11.3 Å². The van der Waals surface area contributed by atoms with E-state index in [0.717, 1.165) is 47.0 Å². The molecule has 12 heteroatoms. The fourth-order valence-electron chi connectivity index (χ4n) is 4.96. The Labute approximate surface area is 215 Å². The third-order valence-electron chi connectivity index (χ3n) is 6.80. The third kappa shape index (κ3) is 4.48. The van der Waals surface area contributed by atoms with Gasteiger partial charge in [0.1, 0.15) is 22.5 Å². The third-order valence-corrected chi connectivity index (χ3v) is 8.01. The van der Waals surface area contributed by atoms with E-state index in [9.17, 15) is 23.2 Å². The number of nitrogens with zero attached hydrogens (tertiary/aromatic N) is 3. The lowest BCUT2D eigenvalue weighted by molar-refractivity contribution is -0.173. The summed E-state index contributed by atoms with van der Waals surface area (Å²) in [6.07, 6.45) is -0.179. The quantitative estimate of drug-likeness (QED) is 0.443. The maximum atomic E-state index is 14.1. The number of thiophene rings is 1. The van der Waals surface area contributed by atoms with E-state index in [2.05, 4.69) is 21.8 Å². The Hall–Kier alpha value is -3.72. The molecule has 0 saturated carbocycles. The second-order valence-corrected chi connectivity index (χ2v) is 10.0. The number of carbonyl (C=O) groups excluding carboxylic acids is 1. The summed E-state index contributed by atoms with van der Waals surface area (Å²) >= 11 is 1.35. The van der Waals surface area contributed by atoms with Gasteiger partial charge in [0, 0.05) is 11.3 Å². The number of methoxy groups -OCH3 is 2. The van der Waals surface area contributed by atoms with E-state index >= 15 is 0 Å². The van der Waals surface area contributed by atoms with E-state index in [1.165, 1.54) is 25.6 Å². The number of anilines is 2. The van der Waals surface area contributed by atoms with Crippen molar-refractivity contribution in [3.05, 3.63) is 51.5 Å². The second-order valence-electron chi connectivity index (χ2n) is 8.94. The molecule has 2 aromatic heterocycles. The average molecular weight is 532 g/mol. The van der Waals surface area contributed by atoms with Crippen molar-refractivity contribution in [3.63, 3.8) is 0 Å². The molecule has 1 aliphatic heterocycles. The zero-order chi connectivity index (χ0) is 26.3. The van der Waals surface area contributed by atoms with Gasteiger partial charge >= 0.3 is 6.18 Å². The van der Waals surface area contributed by atoms with Crippen molar-refractivity contribution >= 4 is 28.1 Å². The van der Waals surface area contributed by atoms with Crippen LogP contribution in [0.1, 0.15) is 63.3 Å². The molecule has 2 atom stereocenters. The molecule has 0 saturated heterocycles. The number of hydrogen-bond acceptors (Lipinski definition) is 7. The highest BCUT2D eigenvalue weighted by Gasteiger charge is 2.47. The number of rotatable bonds is 5. The van der Waals surface area contributed by atoms with Crippen LogP contribution >= 0.6 is 11.3 Å². The Morgan fingerprint density at radius 2 is 2.00 bits per heavy atom. The highest BCUT2D eigenvalue weighted by molar-refractivity contribution is 7.16. The van der Waals surface area contributed by atoms with Crippen molar-refractivity contribution < 1.29 is 27.4 Å². The number of amides is 1. The van der Waals surface area contributed by atoms with Crippen LogP contribution < -0.4 is 20.1 Å². The van der Waals surface area contributed by atoms with Gasteiger partial charge in [-0.05, 0) is 48.9 Å². The molecule has 0 spiro atoms. The van der Waals surface area contributed by atoms with Gasteiger partial charge in [0.15, 0.2) is 17.5 Å². The van der Waals surface area contributed by atoms with Crippen LogP contribution in [0.2, 0.25) is 0 Å². The van der Waals surface area contributed by atoms with Gasteiger partial charge in [0.25, 0.3) is 5.91 Å². The van der Waals surface area contributed by atoms with Crippen LogP contribution in [0.25, 0.3) is 0 Å². The Balaban J connectivity index is 1.49. The molecule has 1 aromatic carbocycles. The summed E-state index contributed by atoms with van der Waals surface area (Å²) < 4.78 is 53.7. The first-order valence-corrected chi connectivity index (χ1v) is 12.6. The summed E-state index contributed by atoms with van der Waals surface area (Å²) in [5, 5.41) is 19.9. The van der Waals surface area contributed by atoms with Gasteiger partial charge in [-0.2, -0.15) is 23.5 Å². The number of hydrogen-bond donors (Lipinski definition) is 2. The molecule has 8 nitrogen and oxygen atoms in total. The minimum Gasteiger partial charge on any atom is -0.493 e. The van der Waals surface area contributed by atoms with Crippen molar-refractivity contribution in [1.82, 2.24) is 9.78 Å². The predicted molar refractivity (Wildman–Crippen MR) is 131 cm³/mol. The largest absolute Gasteiger partial charge is 0.493 e. The van der Waals surface area contributed by atoms with E-state index in [4.69, 9.17) is 9.47 Å². The number of nitriles is 1. The number of fused-ring (bicyclic) bond motifs is 2. The zero-order valence-corrected chi connectivity index (χ0v) is 20.9. The van der Waals surface area contributed by atoms with Crippen molar-refractivity contribution in [2.45, 2.75) is 50.4 Å². The smallest absolute Gasteiger partial charge is 0.410 e. The first kappa shape index (κ1) is 25.0. The fraction of sp³-hybridized carbons (Fsp3) is 0.400. The zero-order valence-electron chi connectivity index (χ0n) is 20.1. The minimum absolute atomic E-state index is 0.0327. The Bertz CT molecular complexity index is 1390. The normalized spacial score (nSPS) is 18.7. The molecule has 37 heavy (non-hydrogen) atoms. The number of halogens is 3. The maximum absolute atomic E-state index is 14.1. The lowest BCUT2D eigenvalue weighted by Crippen LogP contribution is -2.36. The van der Waals surface area contributed by atoms with Crippen LogP contribution in [-0.4, -0.2) is 36.1 Å². The van der Waals surface area contributed by atoms with Gasteiger partial charge in [0.2, 0.25) is 0 Å². The van der Waals surface area contributed by atoms with Crippen LogP contribution in [0.3, 0.4) is 0 Å².